The van der Waals surface area contributed by atoms with E-state index >= 15 is 0 Å². The number of hydrogen-bond donors (Lipinski definition) is 2. The van der Waals surface area contributed by atoms with Crippen molar-refractivity contribution in [3.8, 4) is 5.75 Å². The Morgan fingerprint density at radius 3 is 2.44 bits per heavy atom. The van der Waals surface area contributed by atoms with Crippen LogP contribution in [0.3, 0.4) is 0 Å². The highest BCUT2D eigenvalue weighted by molar-refractivity contribution is 7.89. The Morgan fingerprint density at radius 1 is 1.15 bits per heavy atom. The van der Waals surface area contributed by atoms with E-state index in [9.17, 15) is 13.2 Å². The molecule has 1 aliphatic rings. The highest BCUT2D eigenvalue weighted by Gasteiger charge is 2.17. The van der Waals surface area contributed by atoms with Gasteiger partial charge in [-0.15, -0.1) is 0 Å². The number of hydrogen-bond acceptors (Lipinski definition) is 4. The van der Waals surface area contributed by atoms with E-state index in [0.29, 0.717) is 17.9 Å². The van der Waals surface area contributed by atoms with Gasteiger partial charge in [-0.05, 0) is 49.9 Å². The molecule has 2 N–H and O–H groups in total. The number of carbonyl (C=O) groups is 1. The minimum absolute atomic E-state index is 0.0580. The molecule has 1 aromatic carbocycles. The molecule has 152 valence electrons. The molecule has 1 aliphatic carbocycles. The Morgan fingerprint density at radius 2 is 1.81 bits per heavy atom. The maximum Gasteiger partial charge on any atom is 0.258 e. The molecule has 0 bridgehead atoms. The summed E-state index contributed by atoms with van der Waals surface area (Å²) in [6, 6.07) is 4.92. The van der Waals surface area contributed by atoms with Gasteiger partial charge >= 0.3 is 0 Å². The van der Waals surface area contributed by atoms with E-state index in [1.807, 2.05) is 6.92 Å². The lowest BCUT2D eigenvalue weighted by molar-refractivity contribution is -0.123. The summed E-state index contributed by atoms with van der Waals surface area (Å²) in [6.07, 6.45) is 8.89. The molecule has 1 saturated carbocycles. The summed E-state index contributed by atoms with van der Waals surface area (Å²) in [6.45, 7) is 4.03. The molecule has 0 heterocycles. The maximum atomic E-state index is 12.2. The first-order chi connectivity index (χ1) is 12.9. The van der Waals surface area contributed by atoms with Gasteiger partial charge in [-0.2, -0.15) is 0 Å². The molecule has 0 spiro atoms. The maximum absolute atomic E-state index is 12.2. The number of sulfonamides is 1. The van der Waals surface area contributed by atoms with Crippen molar-refractivity contribution < 1.29 is 17.9 Å². The molecule has 27 heavy (non-hydrogen) atoms. The molecule has 1 aromatic rings. The largest absolute Gasteiger partial charge is 0.484 e. The lowest BCUT2D eigenvalue weighted by atomic mass is 9.97. The van der Waals surface area contributed by atoms with Crippen LogP contribution in [-0.4, -0.2) is 33.5 Å². The fourth-order valence-corrected chi connectivity index (χ4v) is 4.50. The van der Waals surface area contributed by atoms with E-state index in [1.165, 1.54) is 25.3 Å². The van der Waals surface area contributed by atoms with Gasteiger partial charge < -0.3 is 10.1 Å². The number of aryl methyl sites for hydroxylation is 1. The van der Waals surface area contributed by atoms with Crippen LogP contribution in [0.4, 0.5) is 0 Å². The number of carbonyl (C=O) groups excluding carboxylic acids is 1. The zero-order valence-electron chi connectivity index (χ0n) is 16.4. The van der Waals surface area contributed by atoms with E-state index < -0.39 is 10.0 Å². The molecule has 0 saturated heterocycles. The van der Waals surface area contributed by atoms with Gasteiger partial charge in [-0.3, -0.25) is 4.79 Å². The first-order valence-corrected chi connectivity index (χ1v) is 11.4. The number of amides is 1. The second-order valence-electron chi connectivity index (χ2n) is 7.22. The van der Waals surface area contributed by atoms with Crippen LogP contribution in [-0.2, 0) is 14.8 Å². The molecule has 1 fully saturated rings. The molecule has 7 heteroatoms. The summed E-state index contributed by atoms with van der Waals surface area (Å²) < 4.78 is 32.5. The second kappa shape index (κ2) is 10.7. The van der Waals surface area contributed by atoms with Crippen molar-refractivity contribution in [2.45, 2.75) is 76.2 Å². The third-order valence-electron chi connectivity index (χ3n) is 4.83. The Labute approximate surface area is 163 Å². The van der Waals surface area contributed by atoms with Crippen molar-refractivity contribution in [3.05, 3.63) is 23.8 Å². The Bertz CT molecular complexity index is 711. The average molecular weight is 397 g/mol. The van der Waals surface area contributed by atoms with Gasteiger partial charge in [0.1, 0.15) is 5.75 Å². The fourth-order valence-electron chi connectivity index (χ4n) is 3.28. The van der Waals surface area contributed by atoms with Gasteiger partial charge in [0, 0.05) is 12.6 Å². The molecule has 0 atom stereocenters. The van der Waals surface area contributed by atoms with Crippen LogP contribution in [0.15, 0.2) is 23.1 Å². The molecular weight excluding hydrogens is 364 g/mol. The van der Waals surface area contributed by atoms with E-state index in [1.54, 1.807) is 19.1 Å². The Kier molecular flexibility index (Phi) is 8.57. The summed E-state index contributed by atoms with van der Waals surface area (Å²) in [7, 11) is -3.50. The van der Waals surface area contributed by atoms with Gasteiger partial charge in [-0.1, -0.05) is 39.0 Å². The SMILES string of the molecule is CCCNS(=O)(=O)c1ccc(OCC(=O)NC2CCCCCCC2)c(C)c1. The van der Waals surface area contributed by atoms with Crippen LogP contribution < -0.4 is 14.8 Å². The summed E-state index contributed by atoms with van der Waals surface area (Å²) in [5, 5.41) is 3.07. The van der Waals surface area contributed by atoms with Crippen LogP contribution in [0, 0.1) is 6.92 Å². The van der Waals surface area contributed by atoms with Crippen LogP contribution >= 0.6 is 0 Å². The third-order valence-corrected chi connectivity index (χ3v) is 6.29. The van der Waals surface area contributed by atoms with Crippen molar-refractivity contribution in [2.75, 3.05) is 13.2 Å². The monoisotopic (exact) mass is 396 g/mol. The van der Waals surface area contributed by atoms with Crippen LogP contribution in [0.25, 0.3) is 0 Å². The van der Waals surface area contributed by atoms with Gasteiger partial charge in [0.05, 0.1) is 4.90 Å². The lowest BCUT2D eigenvalue weighted by Crippen LogP contribution is -2.38. The zero-order chi connectivity index (χ0) is 19.7. The normalized spacial score (nSPS) is 16.4. The molecule has 1 amide bonds. The fraction of sp³-hybridized carbons (Fsp3) is 0.650. The van der Waals surface area contributed by atoms with Crippen molar-refractivity contribution in [3.63, 3.8) is 0 Å². The van der Waals surface area contributed by atoms with Crippen LogP contribution in [0.1, 0.15) is 63.9 Å². The van der Waals surface area contributed by atoms with Gasteiger partial charge in [0.15, 0.2) is 6.61 Å². The molecular formula is C20H32N2O4S. The molecule has 0 aromatic heterocycles. The van der Waals surface area contributed by atoms with Crippen LogP contribution in [0.5, 0.6) is 5.75 Å². The number of nitrogens with one attached hydrogen (secondary N) is 2. The molecule has 2 rings (SSSR count). The van der Waals surface area contributed by atoms with E-state index in [4.69, 9.17) is 4.74 Å². The second-order valence-corrected chi connectivity index (χ2v) is 8.99. The van der Waals surface area contributed by atoms with Crippen molar-refractivity contribution >= 4 is 15.9 Å². The minimum Gasteiger partial charge on any atom is -0.484 e. The topological polar surface area (TPSA) is 84.5 Å². The number of ether oxygens (including phenoxy) is 1. The van der Waals surface area contributed by atoms with Gasteiger partial charge in [0.2, 0.25) is 10.0 Å². The van der Waals surface area contributed by atoms with E-state index in [-0.39, 0.29) is 23.5 Å². The predicted molar refractivity (Wildman–Crippen MR) is 106 cm³/mol. The van der Waals surface area contributed by atoms with Gasteiger partial charge in [0.25, 0.3) is 5.91 Å². The lowest BCUT2D eigenvalue weighted by Gasteiger charge is -2.21. The molecule has 0 aliphatic heterocycles. The van der Waals surface area contributed by atoms with E-state index in [0.717, 1.165) is 32.1 Å². The summed E-state index contributed by atoms with van der Waals surface area (Å²) in [5.74, 6) is 0.401. The number of benzene rings is 1. The third kappa shape index (κ3) is 7.14. The molecule has 0 radical (unpaired) electrons. The quantitative estimate of drug-likeness (QED) is 0.706. The zero-order valence-corrected chi connectivity index (χ0v) is 17.2. The minimum atomic E-state index is -3.50. The summed E-state index contributed by atoms with van der Waals surface area (Å²) in [4.78, 5) is 12.4. The molecule has 6 nitrogen and oxygen atoms in total. The first-order valence-electron chi connectivity index (χ1n) is 9.95. The first kappa shape index (κ1) is 21.7. The number of rotatable bonds is 8. The average Bonchev–Trinajstić information content (AvgIpc) is 2.61. The Hall–Kier alpha value is -1.60. The summed E-state index contributed by atoms with van der Waals surface area (Å²) >= 11 is 0. The van der Waals surface area contributed by atoms with Crippen molar-refractivity contribution in [1.82, 2.24) is 10.0 Å². The predicted octanol–water partition coefficient (Wildman–Crippen LogP) is 3.29. The van der Waals surface area contributed by atoms with Crippen molar-refractivity contribution in [1.29, 1.82) is 0 Å². The Balaban J connectivity index is 1.88. The highest BCUT2D eigenvalue weighted by Crippen LogP contribution is 2.22. The van der Waals surface area contributed by atoms with Crippen molar-refractivity contribution in [2.24, 2.45) is 0 Å². The smallest absolute Gasteiger partial charge is 0.258 e. The molecule has 0 unspecified atom stereocenters. The van der Waals surface area contributed by atoms with E-state index in [2.05, 4.69) is 10.0 Å². The highest BCUT2D eigenvalue weighted by atomic mass is 32.2. The summed E-state index contributed by atoms with van der Waals surface area (Å²) in [5.41, 5.74) is 0.688. The van der Waals surface area contributed by atoms with Crippen LogP contribution in [0.2, 0.25) is 0 Å². The van der Waals surface area contributed by atoms with Gasteiger partial charge in [-0.25, -0.2) is 13.1 Å². The standard InChI is InChI=1S/C20H32N2O4S/c1-3-13-21-27(24,25)18-11-12-19(16(2)14-18)26-15-20(23)22-17-9-7-5-4-6-8-10-17/h11-12,14,17,21H,3-10,13,15H2,1-2H3,(H,22,23).